The summed E-state index contributed by atoms with van der Waals surface area (Å²) in [5, 5.41) is 3.80. The van der Waals surface area contributed by atoms with E-state index in [1.54, 1.807) is 24.5 Å². The average Bonchev–Trinajstić information content (AvgIpc) is 2.72. The molecule has 19 heavy (non-hydrogen) atoms. The van der Waals surface area contributed by atoms with Crippen molar-refractivity contribution in [2.75, 3.05) is 0 Å². The van der Waals surface area contributed by atoms with E-state index < -0.39 is 5.92 Å². The van der Waals surface area contributed by atoms with Crippen molar-refractivity contribution in [1.29, 1.82) is 0 Å². The van der Waals surface area contributed by atoms with Crippen LogP contribution in [0.15, 0.2) is 41.9 Å². The molecule has 1 aromatic heterocycles. The summed E-state index contributed by atoms with van der Waals surface area (Å²) in [6.45, 7) is 3.65. The van der Waals surface area contributed by atoms with Crippen LogP contribution in [0.25, 0.3) is 0 Å². The van der Waals surface area contributed by atoms with Crippen molar-refractivity contribution >= 4 is 18.0 Å². The summed E-state index contributed by atoms with van der Waals surface area (Å²) in [7, 11) is 0. The highest BCUT2D eigenvalue weighted by Gasteiger charge is 2.29. The summed E-state index contributed by atoms with van der Waals surface area (Å²) in [5.41, 5.74) is 8.64. The molecule has 0 saturated carbocycles. The highest BCUT2D eigenvalue weighted by molar-refractivity contribution is 5.89. The molecule has 1 saturated heterocycles. The van der Waals surface area contributed by atoms with Gasteiger partial charge in [-0.3, -0.25) is 20.0 Å². The van der Waals surface area contributed by atoms with Gasteiger partial charge in [-0.2, -0.15) is 5.10 Å². The van der Waals surface area contributed by atoms with Crippen LogP contribution in [0.5, 0.6) is 0 Å². The van der Waals surface area contributed by atoms with Gasteiger partial charge in [0.05, 0.1) is 12.1 Å². The van der Waals surface area contributed by atoms with E-state index in [4.69, 9.17) is 0 Å². The van der Waals surface area contributed by atoms with E-state index >= 15 is 0 Å². The molecule has 3 N–H and O–H groups in total. The Labute approximate surface area is 109 Å². The third kappa shape index (κ3) is 3.38. The monoisotopic (exact) mass is 259 g/mol. The molecule has 0 aliphatic carbocycles. The van der Waals surface area contributed by atoms with Gasteiger partial charge in [-0.1, -0.05) is 6.58 Å². The Morgan fingerprint density at radius 3 is 2.84 bits per heavy atom. The van der Waals surface area contributed by atoms with Crippen LogP contribution < -0.4 is 16.3 Å². The van der Waals surface area contributed by atoms with Crippen molar-refractivity contribution in [3.05, 3.63) is 42.4 Å². The molecule has 0 bridgehead atoms. The molecular weight excluding hydrogens is 246 g/mol. The average molecular weight is 259 g/mol. The van der Waals surface area contributed by atoms with E-state index in [0.29, 0.717) is 5.70 Å². The van der Waals surface area contributed by atoms with Gasteiger partial charge in [0.25, 0.3) is 0 Å². The number of hydrazone groups is 1. The Balaban J connectivity index is 1.83. The van der Waals surface area contributed by atoms with Crippen molar-refractivity contribution in [2.24, 2.45) is 11.0 Å². The predicted octanol–water partition coefficient (Wildman–Crippen LogP) is -0.314. The molecular formula is C12H13N5O2. The molecule has 2 amide bonds. The second-order valence-corrected chi connectivity index (χ2v) is 3.97. The summed E-state index contributed by atoms with van der Waals surface area (Å²) in [6.07, 6.45) is 4.76. The number of carbonyl (C=O) groups is 2. The zero-order valence-corrected chi connectivity index (χ0v) is 10.1. The number of hydrogen-bond acceptors (Lipinski definition) is 5. The maximum Gasteiger partial charge on any atom is 0.247 e. The minimum atomic E-state index is -0.559. The molecule has 1 unspecified atom stereocenters. The first kappa shape index (κ1) is 12.7. The molecule has 2 rings (SSSR count). The van der Waals surface area contributed by atoms with Crippen LogP contribution in [0.1, 0.15) is 12.0 Å². The molecule has 1 fully saturated rings. The predicted molar refractivity (Wildman–Crippen MR) is 68.5 cm³/mol. The molecule has 98 valence electrons. The largest absolute Gasteiger partial charge is 0.302 e. The van der Waals surface area contributed by atoms with Crippen molar-refractivity contribution < 1.29 is 9.59 Å². The van der Waals surface area contributed by atoms with Crippen LogP contribution in [-0.4, -0.2) is 23.0 Å². The maximum atomic E-state index is 11.6. The number of nitrogens with one attached hydrogen (secondary N) is 3. The summed E-state index contributed by atoms with van der Waals surface area (Å²) in [4.78, 5) is 26.8. The zero-order valence-electron chi connectivity index (χ0n) is 10.1. The molecule has 0 aromatic carbocycles. The van der Waals surface area contributed by atoms with Crippen LogP contribution >= 0.6 is 0 Å². The molecule has 1 aromatic rings. The Morgan fingerprint density at radius 2 is 2.21 bits per heavy atom. The standard InChI is InChI=1S/C12H13N5O2/c1-8-10(12(19)17-15-8)6-11(18)16-14-7-9-2-4-13-5-3-9/h2-5,7,10,15H,1,6H2,(H,16,18)(H,17,19). The first-order valence-corrected chi connectivity index (χ1v) is 5.63. The molecule has 7 nitrogen and oxygen atoms in total. The number of carbonyl (C=O) groups excluding carboxylic acids is 2. The highest BCUT2D eigenvalue weighted by Crippen LogP contribution is 2.14. The van der Waals surface area contributed by atoms with Crippen LogP contribution in [0.2, 0.25) is 0 Å². The van der Waals surface area contributed by atoms with E-state index in [-0.39, 0.29) is 18.2 Å². The number of amides is 2. The molecule has 0 radical (unpaired) electrons. The first-order chi connectivity index (χ1) is 9.16. The van der Waals surface area contributed by atoms with Crippen molar-refractivity contribution in [3.63, 3.8) is 0 Å². The van der Waals surface area contributed by atoms with E-state index in [2.05, 4.69) is 32.9 Å². The summed E-state index contributed by atoms with van der Waals surface area (Å²) in [5.74, 6) is -1.18. The second-order valence-electron chi connectivity index (χ2n) is 3.97. The molecule has 7 heteroatoms. The Bertz CT molecular complexity index is 510. The zero-order chi connectivity index (χ0) is 13.7. The number of rotatable bonds is 4. The van der Waals surface area contributed by atoms with Gasteiger partial charge in [-0.15, -0.1) is 0 Å². The van der Waals surface area contributed by atoms with E-state index in [1.807, 2.05) is 0 Å². The van der Waals surface area contributed by atoms with Gasteiger partial charge in [-0.25, -0.2) is 5.43 Å². The van der Waals surface area contributed by atoms with Crippen LogP contribution in [-0.2, 0) is 9.59 Å². The van der Waals surface area contributed by atoms with Gasteiger partial charge in [-0.05, 0) is 17.7 Å². The number of pyridine rings is 1. The molecule has 1 aliphatic rings. The fraction of sp³-hybridized carbons (Fsp3) is 0.167. The lowest BCUT2D eigenvalue weighted by molar-refractivity contribution is -0.127. The second kappa shape index (κ2) is 5.76. The SMILES string of the molecule is C=C1NNC(=O)C1CC(=O)NN=Cc1ccncc1. The van der Waals surface area contributed by atoms with Crippen molar-refractivity contribution in [2.45, 2.75) is 6.42 Å². The summed E-state index contributed by atoms with van der Waals surface area (Å²) >= 11 is 0. The topological polar surface area (TPSA) is 95.5 Å². The van der Waals surface area contributed by atoms with E-state index in [9.17, 15) is 9.59 Å². The highest BCUT2D eigenvalue weighted by atomic mass is 16.2. The van der Waals surface area contributed by atoms with Crippen molar-refractivity contribution in [1.82, 2.24) is 21.3 Å². The fourth-order valence-electron chi connectivity index (χ4n) is 1.55. The lowest BCUT2D eigenvalue weighted by atomic mass is 10.0. The number of aromatic nitrogens is 1. The number of hydrogen-bond donors (Lipinski definition) is 3. The van der Waals surface area contributed by atoms with Gasteiger partial charge in [0.1, 0.15) is 0 Å². The summed E-state index contributed by atoms with van der Waals surface area (Å²) in [6, 6.07) is 3.51. The lowest BCUT2D eigenvalue weighted by Crippen LogP contribution is -2.27. The maximum absolute atomic E-state index is 11.6. The van der Waals surface area contributed by atoms with Crippen LogP contribution in [0.4, 0.5) is 0 Å². The third-order valence-corrected chi connectivity index (χ3v) is 2.58. The van der Waals surface area contributed by atoms with Crippen LogP contribution in [0, 0.1) is 5.92 Å². The van der Waals surface area contributed by atoms with Gasteiger partial charge in [0.15, 0.2) is 0 Å². The van der Waals surface area contributed by atoms with Gasteiger partial charge in [0, 0.05) is 24.5 Å². The lowest BCUT2D eigenvalue weighted by Gasteiger charge is -2.05. The third-order valence-electron chi connectivity index (χ3n) is 2.58. The van der Waals surface area contributed by atoms with Crippen LogP contribution in [0.3, 0.4) is 0 Å². The molecule has 1 atom stereocenters. The quantitative estimate of drug-likeness (QED) is 0.510. The Hall–Kier alpha value is -2.70. The van der Waals surface area contributed by atoms with Gasteiger partial charge in [0.2, 0.25) is 11.8 Å². The fourth-order valence-corrected chi connectivity index (χ4v) is 1.55. The van der Waals surface area contributed by atoms with E-state index in [1.165, 1.54) is 6.21 Å². The number of nitrogens with zero attached hydrogens (tertiary/aromatic N) is 2. The van der Waals surface area contributed by atoms with E-state index in [0.717, 1.165) is 5.56 Å². The smallest absolute Gasteiger partial charge is 0.247 e. The Kier molecular flexibility index (Phi) is 3.87. The van der Waals surface area contributed by atoms with Gasteiger partial charge >= 0.3 is 0 Å². The normalized spacial score (nSPS) is 18.2. The first-order valence-electron chi connectivity index (χ1n) is 5.63. The minimum Gasteiger partial charge on any atom is -0.302 e. The van der Waals surface area contributed by atoms with Gasteiger partial charge < -0.3 is 5.43 Å². The molecule has 2 heterocycles. The minimum absolute atomic E-state index is 0.00531. The van der Waals surface area contributed by atoms with Crippen molar-refractivity contribution in [3.8, 4) is 0 Å². The molecule has 0 spiro atoms. The number of hydrazine groups is 1. The summed E-state index contributed by atoms with van der Waals surface area (Å²) < 4.78 is 0. The molecule has 1 aliphatic heterocycles. The Morgan fingerprint density at radius 1 is 1.47 bits per heavy atom.